The maximum Gasteiger partial charge on any atom is 0.0225 e. The van der Waals surface area contributed by atoms with E-state index in [0.717, 1.165) is 25.6 Å². The molecule has 0 heterocycles. The number of rotatable bonds is 6. The summed E-state index contributed by atoms with van der Waals surface area (Å²) in [7, 11) is 3.47. The molecule has 0 spiro atoms. The van der Waals surface area contributed by atoms with Crippen molar-refractivity contribution in [1.29, 1.82) is 0 Å². The topological polar surface area (TPSA) is 38.0 Å². The van der Waals surface area contributed by atoms with Crippen LogP contribution in [0.4, 0.5) is 0 Å². The Balaban J connectivity index is 2.38. The zero-order valence-corrected chi connectivity index (χ0v) is 9.42. The van der Waals surface area contributed by atoms with Crippen molar-refractivity contribution in [3.8, 4) is 0 Å². The summed E-state index contributed by atoms with van der Waals surface area (Å²) in [4.78, 5) is 0. The zero-order valence-electron chi connectivity index (χ0n) is 8.42. The van der Waals surface area contributed by atoms with Gasteiger partial charge in [0.15, 0.2) is 0 Å². The van der Waals surface area contributed by atoms with Gasteiger partial charge in [0, 0.05) is 29.9 Å². The van der Waals surface area contributed by atoms with E-state index in [4.69, 9.17) is 5.73 Å². The first-order valence-electron chi connectivity index (χ1n) is 5.00. The fourth-order valence-corrected chi connectivity index (χ4v) is 1.59. The highest BCUT2D eigenvalue weighted by atomic mass is 28.1. The highest BCUT2D eigenvalue weighted by Crippen LogP contribution is 2.05. The van der Waals surface area contributed by atoms with Gasteiger partial charge in [-0.05, 0) is 17.5 Å². The molecule has 2 nitrogen and oxygen atoms in total. The van der Waals surface area contributed by atoms with Gasteiger partial charge in [0.1, 0.15) is 0 Å². The number of nitrogens with two attached hydrogens (primary N) is 1. The third-order valence-corrected chi connectivity index (χ3v) is 2.34. The first-order chi connectivity index (χ1) is 6.86. The van der Waals surface area contributed by atoms with Crippen LogP contribution in [-0.4, -0.2) is 23.3 Å². The van der Waals surface area contributed by atoms with E-state index in [2.05, 4.69) is 39.8 Å². The Morgan fingerprint density at radius 3 is 2.36 bits per heavy atom. The molecule has 0 aliphatic carbocycles. The fraction of sp³-hybridized carbons (Fsp3) is 0.455. The van der Waals surface area contributed by atoms with Crippen molar-refractivity contribution in [3.05, 3.63) is 35.4 Å². The van der Waals surface area contributed by atoms with Crippen molar-refractivity contribution < 1.29 is 0 Å². The van der Waals surface area contributed by atoms with Gasteiger partial charge in [0.25, 0.3) is 0 Å². The molecule has 0 aromatic heterocycles. The summed E-state index contributed by atoms with van der Waals surface area (Å²) in [5.74, 6) is 0. The molecule has 3 N–H and O–H groups in total. The smallest absolute Gasteiger partial charge is 0.0225 e. The molecule has 0 aliphatic rings. The molecule has 3 heteroatoms. The Bertz CT molecular complexity index is 246. The Morgan fingerprint density at radius 2 is 1.79 bits per heavy atom. The molecule has 0 saturated carbocycles. The van der Waals surface area contributed by atoms with Gasteiger partial charge in [-0.1, -0.05) is 30.3 Å². The second-order valence-electron chi connectivity index (χ2n) is 3.28. The first-order valence-corrected chi connectivity index (χ1v) is 5.70. The SMILES string of the molecule is NCCNCc1ccc(CC[Si])cc1. The Kier molecular flexibility index (Phi) is 5.52. The minimum Gasteiger partial charge on any atom is -0.329 e. The van der Waals surface area contributed by atoms with E-state index < -0.39 is 0 Å². The first kappa shape index (κ1) is 11.4. The molecule has 0 aliphatic heterocycles. The van der Waals surface area contributed by atoms with Crippen molar-refractivity contribution in [2.75, 3.05) is 13.1 Å². The lowest BCUT2D eigenvalue weighted by Crippen LogP contribution is -2.21. The van der Waals surface area contributed by atoms with Crippen molar-refractivity contribution in [3.63, 3.8) is 0 Å². The van der Waals surface area contributed by atoms with Crippen LogP contribution in [0.15, 0.2) is 24.3 Å². The van der Waals surface area contributed by atoms with Crippen LogP contribution in [0.2, 0.25) is 6.04 Å². The quantitative estimate of drug-likeness (QED) is 0.534. The van der Waals surface area contributed by atoms with E-state index in [0.29, 0.717) is 6.54 Å². The maximum absolute atomic E-state index is 5.39. The molecule has 3 radical (unpaired) electrons. The molecule has 0 atom stereocenters. The third-order valence-electron chi connectivity index (χ3n) is 2.09. The molecule has 0 amide bonds. The van der Waals surface area contributed by atoms with Crippen LogP contribution in [-0.2, 0) is 13.0 Å². The minimum atomic E-state index is 0.696. The number of benzene rings is 1. The van der Waals surface area contributed by atoms with Gasteiger partial charge in [-0.3, -0.25) is 0 Å². The second-order valence-corrected chi connectivity index (χ2v) is 3.78. The number of aryl methyl sites for hydroxylation is 1. The van der Waals surface area contributed by atoms with E-state index in [1.165, 1.54) is 11.1 Å². The van der Waals surface area contributed by atoms with Crippen LogP contribution in [0.3, 0.4) is 0 Å². The van der Waals surface area contributed by atoms with Crippen molar-refractivity contribution >= 4 is 10.2 Å². The number of hydrogen-bond acceptors (Lipinski definition) is 2. The summed E-state index contributed by atoms with van der Waals surface area (Å²) in [6.07, 6.45) is 1.09. The lowest BCUT2D eigenvalue weighted by molar-refractivity contribution is 0.695. The summed E-state index contributed by atoms with van der Waals surface area (Å²) in [5.41, 5.74) is 8.08. The van der Waals surface area contributed by atoms with E-state index >= 15 is 0 Å². The predicted octanol–water partition coefficient (Wildman–Crippen LogP) is 0.864. The van der Waals surface area contributed by atoms with Crippen LogP contribution >= 0.6 is 0 Å². The molecule has 75 valence electrons. The lowest BCUT2D eigenvalue weighted by Gasteiger charge is -2.04. The van der Waals surface area contributed by atoms with Gasteiger partial charge in [-0.2, -0.15) is 0 Å². The van der Waals surface area contributed by atoms with Gasteiger partial charge >= 0.3 is 0 Å². The zero-order chi connectivity index (χ0) is 10.2. The van der Waals surface area contributed by atoms with Gasteiger partial charge in [0.2, 0.25) is 0 Å². The fourth-order valence-electron chi connectivity index (χ4n) is 1.30. The van der Waals surface area contributed by atoms with E-state index in [1.54, 1.807) is 0 Å². The Labute approximate surface area is 89.3 Å². The molecule has 0 unspecified atom stereocenters. The van der Waals surface area contributed by atoms with E-state index in [1.807, 2.05) is 0 Å². The molecule has 0 bridgehead atoms. The highest BCUT2D eigenvalue weighted by molar-refractivity contribution is 6.08. The van der Waals surface area contributed by atoms with Crippen molar-refractivity contribution in [2.24, 2.45) is 5.73 Å². The molecule has 1 aromatic rings. The summed E-state index contributed by atoms with van der Waals surface area (Å²) in [5, 5.41) is 3.27. The summed E-state index contributed by atoms with van der Waals surface area (Å²) < 4.78 is 0. The normalized spacial score (nSPS) is 10.4. The summed E-state index contributed by atoms with van der Waals surface area (Å²) in [6, 6.07) is 9.71. The average molecular weight is 205 g/mol. The average Bonchev–Trinajstić information content (AvgIpc) is 2.21. The van der Waals surface area contributed by atoms with Crippen molar-refractivity contribution in [2.45, 2.75) is 19.0 Å². The van der Waals surface area contributed by atoms with Gasteiger partial charge in [-0.25, -0.2) is 0 Å². The third kappa shape index (κ3) is 4.04. The molecule has 1 rings (SSSR count). The standard InChI is InChI=1S/C11H17N2Si/c12-6-7-13-9-11-3-1-10(2-4-11)5-8-14/h1-4,13H,5-9,12H2. The largest absolute Gasteiger partial charge is 0.329 e. The summed E-state index contributed by atoms with van der Waals surface area (Å²) in [6.45, 7) is 2.48. The van der Waals surface area contributed by atoms with Gasteiger partial charge in [0.05, 0.1) is 0 Å². The molecule has 14 heavy (non-hydrogen) atoms. The lowest BCUT2D eigenvalue weighted by atomic mass is 10.1. The van der Waals surface area contributed by atoms with Crippen LogP contribution in [0, 0.1) is 0 Å². The van der Waals surface area contributed by atoms with Crippen molar-refractivity contribution in [1.82, 2.24) is 5.32 Å². The molecule has 0 saturated heterocycles. The van der Waals surface area contributed by atoms with Crippen LogP contribution in [0.1, 0.15) is 11.1 Å². The predicted molar refractivity (Wildman–Crippen MR) is 61.5 cm³/mol. The second kappa shape index (κ2) is 6.76. The molecule has 1 aromatic carbocycles. The molecular formula is C11H17N2Si. The highest BCUT2D eigenvalue weighted by Gasteiger charge is 1.93. The molecule has 0 fully saturated rings. The van der Waals surface area contributed by atoms with Crippen LogP contribution in [0.5, 0.6) is 0 Å². The maximum atomic E-state index is 5.39. The number of hydrogen-bond donors (Lipinski definition) is 2. The molecular weight excluding hydrogens is 188 g/mol. The minimum absolute atomic E-state index is 0.696. The van der Waals surface area contributed by atoms with Gasteiger partial charge < -0.3 is 11.1 Å². The number of nitrogens with one attached hydrogen (secondary N) is 1. The Hall–Kier alpha value is -0.643. The monoisotopic (exact) mass is 205 g/mol. The van der Waals surface area contributed by atoms with Crippen LogP contribution < -0.4 is 11.1 Å². The van der Waals surface area contributed by atoms with E-state index in [9.17, 15) is 0 Å². The van der Waals surface area contributed by atoms with Crippen LogP contribution in [0.25, 0.3) is 0 Å². The van der Waals surface area contributed by atoms with E-state index in [-0.39, 0.29) is 0 Å². The summed E-state index contributed by atoms with van der Waals surface area (Å²) >= 11 is 0. The van der Waals surface area contributed by atoms with Gasteiger partial charge in [-0.15, -0.1) is 0 Å². The Morgan fingerprint density at radius 1 is 1.14 bits per heavy atom.